The van der Waals surface area contributed by atoms with E-state index >= 15 is 0 Å². The number of carboxylic acids is 1. The number of piperidine rings is 1. The van der Waals surface area contributed by atoms with Crippen LogP contribution in [0.2, 0.25) is 0 Å². The molecule has 0 radical (unpaired) electrons. The molecule has 2 atom stereocenters. The first-order valence-electron chi connectivity index (χ1n) is 7.18. The van der Waals surface area contributed by atoms with E-state index in [0.29, 0.717) is 24.6 Å². The van der Waals surface area contributed by atoms with Crippen LogP contribution in [0.4, 0.5) is 11.4 Å². The van der Waals surface area contributed by atoms with Gasteiger partial charge in [0.25, 0.3) is 5.69 Å². The number of hydrogen-bond donors (Lipinski definition) is 1. The topological polar surface area (TPSA) is 83.7 Å². The normalized spacial score (nSPS) is 22.1. The molecule has 0 aromatic heterocycles. The van der Waals surface area contributed by atoms with Crippen molar-refractivity contribution in [2.24, 2.45) is 5.92 Å². The van der Waals surface area contributed by atoms with Crippen molar-refractivity contribution in [3.05, 3.63) is 33.9 Å². The number of nitro benzene ring substituents is 1. The van der Waals surface area contributed by atoms with Crippen molar-refractivity contribution in [2.45, 2.75) is 39.2 Å². The molecule has 1 aromatic rings. The third-order valence-corrected chi connectivity index (χ3v) is 4.21. The highest BCUT2D eigenvalue weighted by Crippen LogP contribution is 2.36. The first kappa shape index (κ1) is 15.3. The van der Waals surface area contributed by atoms with E-state index < -0.39 is 16.9 Å². The maximum absolute atomic E-state index is 11.6. The summed E-state index contributed by atoms with van der Waals surface area (Å²) >= 11 is 0. The number of aliphatic carboxylic acids is 1. The first-order chi connectivity index (χ1) is 9.93. The second-order valence-electron chi connectivity index (χ2n) is 5.60. The molecule has 6 nitrogen and oxygen atoms in total. The molecule has 0 amide bonds. The Kier molecular flexibility index (Phi) is 4.45. The maximum atomic E-state index is 11.6. The predicted octanol–water partition coefficient (Wildman–Crippen LogP) is 2.98. The number of nitro groups is 1. The highest BCUT2D eigenvalue weighted by atomic mass is 16.6. The van der Waals surface area contributed by atoms with Gasteiger partial charge in [-0.05, 0) is 37.3 Å². The predicted molar refractivity (Wildman–Crippen MR) is 79.6 cm³/mol. The summed E-state index contributed by atoms with van der Waals surface area (Å²) in [6.45, 7) is 4.44. The lowest BCUT2D eigenvalue weighted by Gasteiger charge is -2.38. The van der Waals surface area contributed by atoms with Crippen molar-refractivity contribution in [3.8, 4) is 0 Å². The van der Waals surface area contributed by atoms with E-state index in [1.165, 1.54) is 6.07 Å². The average molecular weight is 292 g/mol. The minimum Gasteiger partial charge on any atom is -0.480 e. The number of rotatable bonds is 4. The summed E-state index contributed by atoms with van der Waals surface area (Å²) in [4.78, 5) is 24.0. The van der Waals surface area contributed by atoms with Crippen LogP contribution in [0.1, 0.15) is 31.7 Å². The average Bonchev–Trinajstić information content (AvgIpc) is 2.46. The number of benzene rings is 1. The van der Waals surface area contributed by atoms with Crippen LogP contribution in [0.3, 0.4) is 0 Å². The molecule has 1 aromatic carbocycles. The maximum Gasteiger partial charge on any atom is 0.326 e. The Morgan fingerprint density at radius 2 is 2.24 bits per heavy atom. The fourth-order valence-corrected chi connectivity index (χ4v) is 2.95. The van der Waals surface area contributed by atoms with E-state index in [0.717, 1.165) is 18.4 Å². The number of carboxylic acid groups (broad SMARTS) is 1. The molecule has 0 saturated carbocycles. The summed E-state index contributed by atoms with van der Waals surface area (Å²) in [5.41, 5.74) is 1.28. The van der Waals surface area contributed by atoms with Crippen molar-refractivity contribution in [1.82, 2.24) is 0 Å². The van der Waals surface area contributed by atoms with Gasteiger partial charge < -0.3 is 10.0 Å². The van der Waals surface area contributed by atoms with E-state index in [1.54, 1.807) is 17.0 Å². The van der Waals surface area contributed by atoms with Gasteiger partial charge in [-0.3, -0.25) is 10.1 Å². The van der Waals surface area contributed by atoms with Crippen molar-refractivity contribution >= 4 is 17.3 Å². The molecule has 114 valence electrons. The van der Waals surface area contributed by atoms with Gasteiger partial charge in [0.05, 0.1) is 4.92 Å². The summed E-state index contributed by atoms with van der Waals surface area (Å²) in [5, 5.41) is 20.7. The summed E-state index contributed by atoms with van der Waals surface area (Å²) in [6, 6.07) is 4.15. The molecule has 2 unspecified atom stereocenters. The quantitative estimate of drug-likeness (QED) is 0.681. The van der Waals surface area contributed by atoms with Crippen LogP contribution in [0, 0.1) is 23.0 Å². The molecule has 1 N–H and O–H groups in total. The van der Waals surface area contributed by atoms with Gasteiger partial charge in [-0.25, -0.2) is 4.79 Å². The SMILES string of the molecule is CCC1CCN(c2cc(C)ccc2[N+](=O)[O-])C(C(=O)O)C1. The van der Waals surface area contributed by atoms with Crippen LogP contribution < -0.4 is 4.90 Å². The van der Waals surface area contributed by atoms with E-state index in [1.807, 2.05) is 13.8 Å². The molecular formula is C15H20N2O4. The molecule has 1 aliphatic heterocycles. The van der Waals surface area contributed by atoms with Crippen molar-refractivity contribution in [1.29, 1.82) is 0 Å². The molecule has 0 bridgehead atoms. The summed E-state index contributed by atoms with van der Waals surface area (Å²) in [5.74, 6) is -0.546. The minimum absolute atomic E-state index is 0.0261. The van der Waals surface area contributed by atoms with Gasteiger partial charge in [0.2, 0.25) is 0 Å². The first-order valence-corrected chi connectivity index (χ1v) is 7.18. The summed E-state index contributed by atoms with van der Waals surface area (Å²) in [7, 11) is 0. The number of aryl methyl sites for hydroxylation is 1. The third kappa shape index (κ3) is 3.15. The van der Waals surface area contributed by atoms with Gasteiger partial charge in [0.15, 0.2) is 0 Å². The Hall–Kier alpha value is -2.11. The van der Waals surface area contributed by atoms with Crippen molar-refractivity contribution in [3.63, 3.8) is 0 Å². The van der Waals surface area contributed by atoms with Crippen LogP contribution in [0.25, 0.3) is 0 Å². The van der Waals surface area contributed by atoms with E-state index in [4.69, 9.17) is 0 Å². The number of hydrogen-bond acceptors (Lipinski definition) is 4. The van der Waals surface area contributed by atoms with Crippen molar-refractivity contribution < 1.29 is 14.8 Å². The summed E-state index contributed by atoms with van der Waals surface area (Å²) < 4.78 is 0. The summed E-state index contributed by atoms with van der Waals surface area (Å²) in [6.07, 6.45) is 2.34. The zero-order chi connectivity index (χ0) is 15.6. The second kappa shape index (κ2) is 6.11. The lowest BCUT2D eigenvalue weighted by Crippen LogP contribution is -2.47. The van der Waals surface area contributed by atoms with Crippen LogP contribution >= 0.6 is 0 Å². The Bertz CT molecular complexity index is 559. The van der Waals surface area contributed by atoms with Gasteiger partial charge >= 0.3 is 5.97 Å². The molecule has 2 rings (SSSR count). The monoisotopic (exact) mass is 292 g/mol. The lowest BCUT2D eigenvalue weighted by atomic mass is 9.88. The molecule has 1 saturated heterocycles. The highest BCUT2D eigenvalue weighted by Gasteiger charge is 2.35. The molecule has 1 fully saturated rings. The fourth-order valence-electron chi connectivity index (χ4n) is 2.95. The Balaban J connectivity index is 2.41. The molecule has 1 heterocycles. The van der Waals surface area contributed by atoms with E-state index in [2.05, 4.69) is 0 Å². The fraction of sp³-hybridized carbons (Fsp3) is 0.533. The number of nitrogens with zero attached hydrogens (tertiary/aromatic N) is 2. The molecule has 6 heteroatoms. The largest absolute Gasteiger partial charge is 0.480 e. The van der Waals surface area contributed by atoms with E-state index in [-0.39, 0.29) is 5.69 Å². The Labute approximate surface area is 123 Å². The Morgan fingerprint density at radius 3 is 2.81 bits per heavy atom. The highest BCUT2D eigenvalue weighted by molar-refractivity contribution is 5.80. The molecule has 21 heavy (non-hydrogen) atoms. The van der Waals surface area contributed by atoms with Crippen LogP contribution in [-0.4, -0.2) is 28.6 Å². The standard InChI is InChI=1S/C15H20N2O4/c1-3-11-6-7-16(14(9-11)15(18)19)13-8-10(2)4-5-12(13)17(20)21/h4-5,8,11,14H,3,6-7,9H2,1-2H3,(H,18,19). The van der Waals surface area contributed by atoms with Gasteiger partial charge in [0.1, 0.15) is 11.7 Å². The second-order valence-corrected chi connectivity index (χ2v) is 5.60. The number of anilines is 1. The lowest BCUT2D eigenvalue weighted by molar-refractivity contribution is -0.384. The van der Waals surface area contributed by atoms with Gasteiger partial charge in [-0.15, -0.1) is 0 Å². The Morgan fingerprint density at radius 1 is 1.52 bits per heavy atom. The van der Waals surface area contributed by atoms with Gasteiger partial charge in [0, 0.05) is 12.6 Å². The third-order valence-electron chi connectivity index (χ3n) is 4.21. The van der Waals surface area contributed by atoms with Crippen molar-refractivity contribution in [2.75, 3.05) is 11.4 Å². The van der Waals surface area contributed by atoms with Crippen LogP contribution in [0.5, 0.6) is 0 Å². The zero-order valence-corrected chi connectivity index (χ0v) is 12.3. The molecular weight excluding hydrogens is 272 g/mol. The zero-order valence-electron chi connectivity index (χ0n) is 12.3. The molecule has 0 spiro atoms. The van der Waals surface area contributed by atoms with E-state index in [9.17, 15) is 20.0 Å². The minimum atomic E-state index is -0.913. The number of carbonyl (C=O) groups is 1. The van der Waals surface area contributed by atoms with Gasteiger partial charge in [-0.1, -0.05) is 19.4 Å². The molecule has 1 aliphatic rings. The van der Waals surface area contributed by atoms with Crippen LogP contribution in [-0.2, 0) is 4.79 Å². The van der Waals surface area contributed by atoms with Gasteiger partial charge in [-0.2, -0.15) is 0 Å². The van der Waals surface area contributed by atoms with Crippen LogP contribution in [0.15, 0.2) is 18.2 Å². The molecule has 0 aliphatic carbocycles. The smallest absolute Gasteiger partial charge is 0.326 e.